The van der Waals surface area contributed by atoms with Gasteiger partial charge in [0.05, 0.1) is 0 Å². The van der Waals surface area contributed by atoms with Gasteiger partial charge in [0.25, 0.3) is 0 Å². The third-order valence-corrected chi connectivity index (χ3v) is 7.68. The van der Waals surface area contributed by atoms with Crippen molar-refractivity contribution >= 4 is 10.0 Å². The molecule has 4 aliphatic carbocycles. The minimum Gasteiger partial charge on any atom is -0.360 e. The van der Waals surface area contributed by atoms with Crippen molar-refractivity contribution in [2.45, 2.75) is 57.3 Å². The van der Waals surface area contributed by atoms with Crippen LogP contribution in [0.1, 0.15) is 50.0 Å². The molecule has 122 valence electrons. The summed E-state index contributed by atoms with van der Waals surface area (Å²) in [5.41, 5.74) is 0.636. The maximum Gasteiger partial charge on any atom is 0.245 e. The van der Waals surface area contributed by atoms with Crippen LogP contribution in [0, 0.1) is 37.0 Å². The summed E-state index contributed by atoms with van der Waals surface area (Å²) in [6.07, 6.45) is 7.71. The number of sulfonamides is 1. The highest BCUT2D eigenvalue weighted by molar-refractivity contribution is 7.89. The van der Waals surface area contributed by atoms with Gasteiger partial charge in [-0.15, -0.1) is 0 Å². The van der Waals surface area contributed by atoms with Gasteiger partial charge >= 0.3 is 0 Å². The highest BCUT2D eigenvalue weighted by Crippen LogP contribution is 2.59. The van der Waals surface area contributed by atoms with Crippen molar-refractivity contribution < 1.29 is 12.9 Å². The molecular formula is C16H24N2O3S. The van der Waals surface area contributed by atoms with Gasteiger partial charge in [-0.25, -0.2) is 13.1 Å². The van der Waals surface area contributed by atoms with Crippen molar-refractivity contribution in [3.05, 3.63) is 11.5 Å². The Bertz CT molecular complexity index is 637. The molecule has 0 unspecified atom stereocenters. The maximum atomic E-state index is 12.6. The third kappa shape index (κ3) is 2.31. The maximum absolute atomic E-state index is 12.6. The van der Waals surface area contributed by atoms with E-state index in [1.165, 1.54) is 38.5 Å². The van der Waals surface area contributed by atoms with E-state index in [1.807, 2.05) is 0 Å². The van der Waals surface area contributed by atoms with E-state index in [0.29, 0.717) is 18.0 Å². The first-order chi connectivity index (χ1) is 10.4. The van der Waals surface area contributed by atoms with Crippen molar-refractivity contribution in [1.82, 2.24) is 9.88 Å². The summed E-state index contributed by atoms with van der Waals surface area (Å²) in [5.74, 6) is 2.86. The number of rotatable bonds is 4. The molecule has 1 N–H and O–H groups in total. The molecule has 4 bridgehead atoms. The SMILES string of the molecule is Cc1noc(C)c1S(=O)(=O)NCC12CC3CC(CC(C3)C1)C2. The van der Waals surface area contributed by atoms with E-state index in [1.54, 1.807) is 13.8 Å². The van der Waals surface area contributed by atoms with Crippen LogP contribution in [0.15, 0.2) is 9.42 Å². The van der Waals surface area contributed by atoms with Crippen LogP contribution in [0.3, 0.4) is 0 Å². The Morgan fingerprint density at radius 2 is 1.68 bits per heavy atom. The fourth-order valence-corrected chi connectivity index (χ4v) is 7.17. The predicted molar refractivity (Wildman–Crippen MR) is 81.8 cm³/mol. The van der Waals surface area contributed by atoms with Crippen LogP contribution in [0.25, 0.3) is 0 Å². The number of hydrogen-bond donors (Lipinski definition) is 1. The largest absolute Gasteiger partial charge is 0.360 e. The third-order valence-electron chi connectivity index (χ3n) is 6.04. The van der Waals surface area contributed by atoms with Crippen LogP contribution < -0.4 is 4.72 Å². The van der Waals surface area contributed by atoms with E-state index >= 15 is 0 Å². The molecule has 0 radical (unpaired) electrons. The zero-order valence-electron chi connectivity index (χ0n) is 13.3. The van der Waals surface area contributed by atoms with Crippen molar-refractivity contribution in [1.29, 1.82) is 0 Å². The Labute approximate surface area is 131 Å². The monoisotopic (exact) mass is 324 g/mol. The number of nitrogens with one attached hydrogen (secondary N) is 1. The van der Waals surface area contributed by atoms with Crippen molar-refractivity contribution in [3.63, 3.8) is 0 Å². The Kier molecular flexibility index (Phi) is 3.21. The van der Waals surface area contributed by atoms with E-state index in [9.17, 15) is 8.42 Å². The highest BCUT2D eigenvalue weighted by atomic mass is 32.2. The van der Waals surface area contributed by atoms with Gasteiger partial charge in [-0.2, -0.15) is 0 Å². The van der Waals surface area contributed by atoms with E-state index in [0.717, 1.165) is 17.8 Å². The Morgan fingerprint density at radius 3 is 2.14 bits per heavy atom. The number of hydrogen-bond acceptors (Lipinski definition) is 4. The van der Waals surface area contributed by atoms with Gasteiger partial charge in [-0.05, 0) is 75.5 Å². The standard InChI is InChI=1S/C16H24N2O3S/c1-10-15(11(2)21-18-10)22(19,20)17-9-16-6-12-3-13(7-16)5-14(4-12)8-16/h12-14,17H,3-9H2,1-2H3. The molecule has 5 nitrogen and oxygen atoms in total. The quantitative estimate of drug-likeness (QED) is 0.924. The van der Waals surface area contributed by atoms with Crippen molar-refractivity contribution in [3.8, 4) is 0 Å². The molecule has 0 saturated heterocycles. The predicted octanol–water partition coefficient (Wildman–Crippen LogP) is 2.79. The summed E-state index contributed by atoms with van der Waals surface area (Å²) in [6, 6.07) is 0. The number of aromatic nitrogens is 1. The van der Waals surface area contributed by atoms with Crippen LogP contribution in [0.5, 0.6) is 0 Å². The fraction of sp³-hybridized carbons (Fsp3) is 0.812. The van der Waals surface area contributed by atoms with E-state index in [4.69, 9.17) is 4.52 Å². The lowest BCUT2D eigenvalue weighted by Gasteiger charge is -2.56. The lowest BCUT2D eigenvalue weighted by atomic mass is 9.50. The summed E-state index contributed by atoms with van der Waals surface area (Å²) in [4.78, 5) is 0.220. The first-order valence-corrected chi connectivity index (χ1v) is 9.78. The van der Waals surface area contributed by atoms with Crippen LogP contribution in [-0.4, -0.2) is 20.1 Å². The van der Waals surface area contributed by atoms with E-state index < -0.39 is 10.0 Å². The Balaban J connectivity index is 1.53. The van der Waals surface area contributed by atoms with Crippen molar-refractivity contribution in [2.24, 2.45) is 23.2 Å². The lowest BCUT2D eigenvalue weighted by molar-refractivity contribution is -0.0487. The minimum atomic E-state index is -3.53. The second kappa shape index (κ2) is 4.81. The Hall–Kier alpha value is -0.880. The molecule has 1 aromatic rings. The summed E-state index contributed by atoms with van der Waals surface area (Å²) in [5, 5.41) is 3.76. The summed E-state index contributed by atoms with van der Waals surface area (Å²) >= 11 is 0. The fourth-order valence-electron chi connectivity index (χ4n) is 5.69. The molecule has 0 atom stereocenters. The van der Waals surface area contributed by atoms with Crippen molar-refractivity contribution in [2.75, 3.05) is 6.54 Å². The second-order valence-corrected chi connectivity index (χ2v) is 9.60. The molecule has 22 heavy (non-hydrogen) atoms. The first-order valence-electron chi connectivity index (χ1n) is 8.29. The summed E-state index contributed by atoms with van der Waals surface area (Å²) < 4.78 is 33.1. The lowest BCUT2D eigenvalue weighted by Crippen LogP contribution is -2.51. The normalized spacial score (nSPS) is 36.9. The molecule has 0 aromatic carbocycles. The van der Waals surface area contributed by atoms with Gasteiger partial charge in [-0.1, -0.05) is 5.16 Å². The molecule has 4 aliphatic rings. The van der Waals surface area contributed by atoms with Crippen LogP contribution >= 0.6 is 0 Å². The molecule has 0 amide bonds. The average Bonchev–Trinajstić information content (AvgIpc) is 2.75. The zero-order chi connectivity index (χ0) is 15.5. The average molecular weight is 324 g/mol. The molecule has 0 spiro atoms. The molecule has 0 aliphatic heterocycles. The van der Waals surface area contributed by atoms with Gasteiger partial charge in [-0.3, -0.25) is 0 Å². The van der Waals surface area contributed by atoms with Gasteiger partial charge in [0.2, 0.25) is 10.0 Å². The molecule has 4 fully saturated rings. The smallest absolute Gasteiger partial charge is 0.245 e. The number of nitrogens with zero attached hydrogens (tertiary/aromatic N) is 1. The van der Waals surface area contributed by atoms with Crippen LogP contribution in [-0.2, 0) is 10.0 Å². The Morgan fingerprint density at radius 1 is 1.14 bits per heavy atom. The topological polar surface area (TPSA) is 72.2 Å². The van der Waals surface area contributed by atoms with E-state index in [2.05, 4.69) is 9.88 Å². The molecular weight excluding hydrogens is 300 g/mol. The van der Waals surface area contributed by atoms with Crippen LogP contribution in [0.2, 0.25) is 0 Å². The summed E-state index contributed by atoms with van der Waals surface area (Å²) in [6.45, 7) is 3.90. The van der Waals surface area contributed by atoms with Gasteiger partial charge in [0, 0.05) is 6.54 Å². The van der Waals surface area contributed by atoms with E-state index in [-0.39, 0.29) is 10.3 Å². The molecule has 5 rings (SSSR count). The zero-order valence-corrected chi connectivity index (χ0v) is 14.1. The summed E-state index contributed by atoms with van der Waals surface area (Å²) in [7, 11) is -3.53. The van der Waals surface area contributed by atoms with Gasteiger partial charge in [0.1, 0.15) is 10.6 Å². The van der Waals surface area contributed by atoms with Gasteiger partial charge < -0.3 is 4.52 Å². The van der Waals surface area contributed by atoms with Gasteiger partial charge in [0.15, 0.2) is 5.76 Å². The molecule has 6 heteroatoms. The molecule has 1 aromatic heterocycles. The first kappa shape index (κ1) is 14.7. The highest BCUT2D eigenvalue weighted by Gasteiger charge is 2.51. The molecule has 4 saturated carbocycles. The number of aryl methyl sites for hydroxylation is 2. The second-order valence-electron chi connectivity index (χ2n) is 7.90. The minimum absolute atomic E-state index is 0.195. The van der Waals surface area contributed by atoms with Crippen LogP contribution in [0.4, 0.5) is 0 Å². The molecule has 1 heterocycles.